The van der Waals surface area contributed by atoms with Crippen LogP contribution < -0.4 is 20.9 Å². The molecule has 5 rings (SSSR count). The average molecular weight is 452 g/mol. The van der Waals surface area contributed by atoms with E-state index in [1.807, 2.05) is 20.0 Å². The molecule has 1 amide bonds. The van der Waals surface area contributed by atoms with Gasteiger partial charge < -0.3 is 15.4 Å². The van der Waals surface area contributed by atoms with E-state index in [1.165, 1.54) is 23.7 Å². The first kappa shape index (κ1) is 21.4. The smallest absolute Gasteiger partial charge is 0.276 e. The van der Waals surface area contributed by atoms with Crippen LogP contribution in [0.1, 0.15) is 48.3 Å². The molecule has 2 aliphatic heterocycles. The van der Waals surface area contributed by atoms with Crippen molar-refractivity contribution in [3.05, 3.63) is 45.8 Å². The normalized spacial score (nSPS) is 17.4. The van der Waals surface area contributed by atoms with Crippen molar-refractivity contribution in [2.75, 3.05) is 31.6 Å². The summed E-state index contributed by atoms with van der Waals surface area (Å²) in [5.74, 6) is 1.00. The first-order valence-electron chi connectivity index (χ1n) is 11.3. The largest absolute Gasteiger partial charge is 0.490 e. The molecule has 0 radical (unpaired) electrons. The van der Waals surface area contributed by atoms with Crippen LogP contribution in [0, 0.1) is 13.8 Å². The summed E-state index contributed by atoms with van der Waals surface area (Å²) in [5.41, 5.74) is 1.98. The second-order valence-electron chi connectivity index (χ2n) is 9.29. The van der Waals surface area contributed by atoms with Crippen LogP contribution in [-0.2, 0) is 5.66 Å². The molecular formula is C23H29N7O3. The van der Waals surface area contributed by atoms with Gasteiger partial charge in [0.2, 0.25) is 0 Å². The Bertz CT molecular complexity index is 1300. The van der Waals surface area contributed by atoms with E-state index in [0.717, 1.165) is 36.5 Å². The summed E-state index contributed by atoms with van der Waals surface area (Å²) in [6.45, 7) is 11.2. The third-order valence-corrected chi connectivity index (χ3v) is 6.48. The Kier molecular flexibility index (Phi) is 5.12. The molecular weight excluding hydrogens is 422 g/mol. The van der Waals surface area contributed by atoms with Crippen LogP contribution in [-0.4, -0.2) is 56.2 Å². The molecule has 1 fully saturated rings. The molecule has 0 aliphatic carbocycles. The summed E-state index contributed by atoms with van der Waals surface area (Å²) >= 11 is 0. The first-order valence-corrected chi connectivity index (χ1v) is 11.3. The Morgan fingerprint density at radius 3 is 2.73 bits per heavy atom. The minimum atomic E-state index is -0.811. The number of fused-ring (bicyclic) bond motifs is 2. The minimum absolute atomic E-state index is 0.247. The summed E-state index contributed by atoms with van der Waals surface area (Å²) in [6.07, 6.45) is 5.79. The van der Waals surface area contributed by atoms with Gasteiger partial charge in [-0.15, -0.1) is 0 Å². The first-order chi connectivity index (χ1) is 15.8. The zero-order valence-electron chi connectivity index (χ0n) is 19.4. The SMILES string of the molecule is Cc1cc(Nc2ncnn3cc(OCCN4CCCC4)c(C)c23)c(=O)n2c1C(=O)NC2(C)C. The number of likely N-dealkylation sites (tertiary alicyclic amines) is 1. The van der Waals surface area contributed by atoms with Gasteiger partial charge in [0.1, 0.15) is 41.2 Å². The maximum absolute atomic E-state index is 13.3. The second-order valence-corrected chi connectivity index (χ2v) is 9.29. The molecule has 0 aromatic carbocycles. The highest BCUT2D eigenvalue weighted by molar-refractivity contribution is 5.97. The molecule has 1 saturated heterocycles. The fourth-order valence-corrected chi connectivity index (χ4v) is 4.84. The van der Waals surface area contributed by atoms with Crippen LogP contribution in [0.5, 0.6) is 5.75 Å². The number of aryl methyl sites for hydroxylation is 2. The Morgan fingerprint density at radius 2 is 1.97 bits per heavy atom. The van der Waals surface area contributed by atoms with Crippen molar-refractivity contribution in [1.82, 2.24) is 29.4 Å². The van der Waals surface area contributed by atoms with Crippen molar-refractivity contribution < 1.29 is 9.53 Å². The van der Waals surface area contributed by atoms with Crippen LogP contribution in [0.3, 0.4) is 0 Å². The Labute approximate surface area is 191 Å². The van der Waals surface area contributed by atoms with Gasteiger partial charge in [0, 0.05) is 12.1 Å². The van der Waals surface area contributed by atoms with Crippen molar-refractivity contribution >= 4 is 22.9 Å². The van der Waals surface area contributed by atoms with Gasteiger partial charge in [0.05, 0.1) is 6.20 Å². The maximum atomic E-state index is 13.3. The molecule has 33 heavy (non-hydrogen) atoms. The molecule has 3 aromatic heterocycles. The zero-order chi connectivity index (χ0) is 23.3. The van der Waals surface area contributed by atoms with Gasteiger partial charge in [0.25, 0.3) is 11.5 Å². The topological polar surface area (TPSA) is 106 Å². The number of nitrogens with one attached hydrogen (secondary N) is 2. The van der Waals surface area contributed by atoms with E-state index in [-0.39, 0.29) is 11.5 Å². The van der Waals surface area contributed by atoms with Crippen LogP contribution in [0.4, 0.5) is 11.5 Å². The molecule has 174 valence electrons. The lowest BCUT2D eigenvalue weighted by Gasteiger charge is -2.22. The number of amides is 1. The number of aromatic nitrogens is 4. The van der Waals surface area contributed by atoms with Crippen molar-refractivity contribution in [2.45, 2.75) is 46.2 Å². The van der Waals surface area contributed by atoms with Crippen molar-refractivity contribution in [3.8, 4) is 5.75 Å². The molecule has 0 saturated carbocycles. The average Bonchev–Trinajstić information content (AvgIpc) is 3.44. The van der Waals surface area contributed by atoms with Crippen molar-refractivity contribution in [2.24, 2.45) is 0 Å². The highest BCUT2D eigenvalue weighted by Crippen LogP contribution is 2.30. The summed E-state index contributed by atoms with van der Waals surface area (Å²) in [4.78, 5) is 32.5. The number of ether oxygens (including phenoxy) is 1. The lowest BCUT2D eigenvalue weighted by Crippen LogP contribution is -2.42. The molecule has 0 atom stereocenters. The number of hydrogen-bond acceptors (Lipinski definition) is 7. The van der Waals surface area contributed by atoms with Gasteiger partial charge in [-0.2, -0.15) is 5.10 Å². The Balaban J connectivity index is 1.46. The number of nitrogens with zero attached hydrogens (tertiary/aromatic N) is 5. The van der Waals surface area contributed by atoms with E-state index in [9.17, 15) is 9.59 Å². The third-order valence-electron chi connectivity index (χ3n) is 6.48. The molecule has 0 unspecified atom stereocenters. The Hall–Kier alpha value is -3.40. The molecule has 0 bridgehead atoms. The number of pyridine rings is 1. The summed E-state index contributed by atoms with van der Waals surface area (Å²) in [6, 6.07) is 1.69. The fourth-order valence-electron chi connectivity index (χ4n) is 4.84. The summed E-state index contributed by atoms with van der Waals surface area (Å²) < 4.78 is 9.28. The Morgan fingerprint density at radius 1 is 1.21 bits per heavy atom. The standard InChI is InChI=1S/C23H29N7O3/c1-14-11-16(22(32)30-18(14)21(31)27-23(30,3)4)26-20-19-15(2)17(12-29(19)25-13-24-20)33-10-9-28-7-5-6-8-28/h11-13H,5-10H2,1-4H3,(H,27,31)(H,24,25,26). The molecule has 10 heteroatoms. The van der Waals surface area contributed by atoms with Crippen LogP contribution in [0.2, 0.25) is 0 Å². The van der Waals surface area contributed by atoms with Gasteiger partial charge in [-0.3, -0.25) is 19.1 Å². The van der Waals surface area contributed by atoms with E-state index >= 15 is 0 Å². The number of hydrogen-bond donors (Lipinski definition) is 2. The fraction of sp³-hybridized carbons (Fsp3) is 0.478. The quantitative estimate of drug-likeness (QED) is 0.592. The molecule has 10 nitrogen and oxygen atoms in total. The van der Waals surface area contributed by atoms with Crippen LogP contribution >= 0.6 is 0 Å². The highest BCUT2D eigenvalue weighted by Gasteiger charge is 2.37. The van der Waals surface area contributed by atoms with Crippen LogP contribution in [0.25, 0.3) is 5.52 Å². The minimum Gasteiger partial charge on any atom is -0.490 e. The molecule has 5 heterocycles. The molecule has 0 spiro atoms. The van der Waals surface area contributed by atoms with Gasteiger partial charge in [-0.05, 0) is 65.3 Å². The highest BCUT2D eigenvalue weighted by atomic mass is 16.5. The van der Waals surface area contributed by atoms with E-state index in [4.69, 9.17) is 4.74 Å². The molecule has 3 aromatic rings. The summed E-state index contributed by atoms with van der Waals surface area (Å²) in [5, 5.41) is 10.4. The number of carbonyl (C=O) groups is 1. The monoisotopic (exact) mass is 451 g/mol. The predicted octanol–water partition coefficient (Wildman–Crippen LogP) is 2.16. The van der Waals surface area contributed by atoms with Gasteiger partial charge in [-0.1, -0.05) is 0 Å². The number of rotatable bonds is 6. The van der Waals surface area contributed by atoms with Crippen LogP contribution in [0.15, 0.2) is 23.4 Å². The number of anilines is 2. The zero-order valence-corrected chi connectivity index (χ0v) is 19.4. The maximum Gasteiger partial charge on any atom is 0.276 e. The van der Waals surface area contributed by atoms with E-state index in [2.05, 4.69) is 25.6 Å². The van der Waals surface area contributed by atoms with Crippen molar-refractivity contribution in [3.63, 3.8) is 0 Å². The van der Waals surface area contributed by atoms with E-state index < -0.39 is 5.66 Å². The van der Waals surface area contributed by atoms with E-state index in [1.54, 1.807) is 24.4 Å². The predicted molar refractivity (Wildman–Crippen MR) is 124 cm³/mol. The van der Waals surface area contributed by atoms with Crippen molar-refractivity contribution in [1.29, 1.82) is 0 Å². The molecule has 2 aliphatic rings. The summed E-state index contributed by atoms with van der Waals surface area (Å²) in [7, 11) is 0. The lowest BCUT2D eigenvalue weighted by molar-refractivity contribution is 0.0934. The third kappa shape index (κ3) is 3.64. The second kappa shape index (κ2) is 7.87. The van der Waals surface area contributed by atoms with Gasteiger partial charge in [-0.25, -0.2) is 9.50 Å². The lowest BCUT2D eigenvalue weighted by atomic mass is 10.1. The van der Waals surface area contributed by atoms with E-state index in [0.29, 0.717) is 29.4 Å². The number of carbonyl (C=O) groups excluding carboxylic acids is 1. The van der Waals surface area contributed by atoms with Gasteiger partial charge >= 0.3 is 0 Å². The van der Waals surface area contributed by atoms with Gasteiger partial charge in [0.15, 0.2) is 5.82 Å². The molecule has 2 N–H and O–H groups in total.